The lowest BCUT2D eigenvalue weighted by molar-refractivity contribution is -0.276. The fraction of sp³-hybridized carbons (Fsp3) is 0.341. The summed E-state index contributed by atoms with van der Waals surface area (Å²) in [5, 5.41) is 23.3. The van der Waals surface area contributed by atoms with Crippen LogP contribution < -0.4 is 10.2 Å². The molecule has 0 saturated carbocycles. The summed E-state index contributed by atoms with van der Waals surface area (Å²) in [5.74, 6) is -1.07. The Morgan fingerprint density at radius 2 is 1.54 bits per heavy atom. The standard InChI is InChI=1S/C41H45N3O8/c1-26-35(23-43(3)27(2)37(47)30-12-8-5-9-13-30)51-40(52-38(26)31-16-14-28(24-45)15-17-31)32-18-20-33(21-19-32)44-36(46)22-34(39(44)48)42-41(49)50-25-29-10-6-4-7-11-29/h4-21,26-27,34-35,37-38,40,45,47H,22-25H2,1-3H3,(H,42,49)/t26-,27+,34?,35+,37+,38+,40+/m0/s1. The lowest BCUT2D eigenvalue weighted by atomic mass is 9.89. The number of hydrogen-bond donors (Lipinski definition) is 3. The quantitative estimate of drug-likeness (QED) is 0.161. The molecule has 7 atom stereocenters. The summed E-state index contributed by atoms with van der Waals surface area (Å²) in [4.78, 5) is 41.9. The van der Waals surface area contributed by atoms with Crippen molar-refractivity contribution in [3.05, 3.63) is 137 Å². The van der Waals surface area contributed by atoms with E-state index in [1.807, 2.05) is 98.9 Å². The Hall–Kier alpha value is -4.91. The fourth-order valence-corrected chi connectivity index (χ4v) is 6.65. The van der Waals surface area contributed by atoms with Crippen LogP contribution in [-0.2, 0) is 37.0 Å². The van der Waals surface area contributed by atoms with Crippen LogP contribution in [0, 0.1) is 5.92 Å². The van der Waals surface area contributed by atoms with Gasteiger partial charge in [-0.25, -0.2) is 9.69 Å². The molecule has 0 radical (unpaired) electrons. The van der Waals surface area contributed by atoms with Crippen molar-refractivity contribution >= 4 is 23.6 Å². The van der Waals surface area contributed by atoms with Gasteiger partial charge in [-0.15, -0.1) is 0 Å². The molecule has 4 aromatic carbocycles. The molecule has 3 amide bonds. The molecule has 0 spiro atoms. The molecule has 6 rings (SSSR count). The molecule has 0 aromatic heterocycles. The molecule has 11 nitrogen and oxygen atoms in total. The van der Waals surface area contributed by atoms with Gasteiger partial charge in [0.1, 0.15) is 12.6 Å². The summed E-state index contributed by atoms with van der Waals surface area (Å²) in [5.41, 5.74) is 4.42. The molecule has 4 aromatic rings. The summed E-state index contributed by atoms with van der Waals surface area (Å²) in [6.07, 6.45) is -3.09. The van der Waals surface area contributed by atoms with Gasteiger partial charge >= 0.3 is 6.09 Å². The highest BCUT2D eigenvalue weighted by molar-refractivity contribution is 6.22. The average molecular weight is 708 g/mol. The largest absolute Gasteiger partial charge is 0.445 e. The third kappa shape index (κ3) is 8.41. The number of anilines is 1. The molecule has 2 aliphatic heterocycles. The highest BCUT2D eigenvalue weighted by atomic mass is 16.7. The van der Waals surface area contributed by atoms with Crippen molar-refractivity contribution in [1.82, 2.24) is 10.2 Å². The highest BCUT2D eigenvalue weighted by Crippen LogP contribution is 2.42. The maximum Gasteiger partial charge on any atom is 0.408 e. The summed E-state index contributed by atoms with van der Waals surface area (Å²) < 4.78 is 18.5. The van der Waals surface area contributed by atoms with Gasteiger partial charge in [0, 0.05) is 24.1 Å². The zero-order chi connectivity index (χ0) is 36.8. The van der Waals surface area contributed by atoms with E-state index in [9.17, 15) is 24.6 Å². The van der Waals surface area contributed by atoms with E-state index in [1.54, 1.807) is 24.3 Å². The Morgan fingerprint density at radius 3 is 2.19 bits per heavy atom. The molecule has 2 fully saturated rings. The van der Waals surface area contributed by atoms with E-state index in [2.05, 4.69) is 17.1 Å². The van der Waals surface area contributed by atoms with Crippen molar-refractivity contribution in [1.29, 1.82) is 0 Å². The zero-order valence-corrected chi connectivity index (χ0v) is 29.5. The molecule has 2 aliphatic rings. The van der Waals surface area contributed by atoms with Gasteiger partial charge in [-0.1, -0.05) is 104 Å². The molecule has 0 bridgehead atoms. The maximum atomic E-state index is 13.3. The number of benzene rings is 4. The predicted molar refractivity (Wildman–Crippen MR) is 194 cm³/mol. The smallest absolute Gasteiger partial charge is 0.408 e. The molecule has 3 N–H and O–H groups in total. The normalized spacial score (nSPS) is 23.0. The van der Waals surface area contributed by atoms with E-state index in [1.165, 1.54) is 0 Å². The number of hydrogen-bond acceptors (Lipinski definition) is 9. The summed E-state index contributed by atoms with van der Waals surface area (Å²) in [6.45, 7) is 4.54. The third-order valence-corrected chi connectivity index (χ3v) is 9.96. The minimum Gasteiger partial charge on any atom is -0.445 e. The van der Waals surface area contributed by atoms with Crippen LogP contribution in [0.15, 0.2) is 109 Å². The van der Waals surface area contributed by atoms with Gasteiger partial charge in [0.25, 0.3) is 5.91 Å². The van der Waals surface area contributed by atoms with Crippen LogP contribution in [0.25, 0.3) is 0 Å². The lowest BCUT2D eigenvalue weighted by Gasteiger charge is -2.43. The van der Waals surface area contributed by atoms with E-state index in [0.717, 1.165) is 27.2 Å². The molecule has 52 heavy (non-hydrogen) atoms. The predicted octanol–water partition coefficient (Wildman–Crippen LogP) is 5.58. The first-order chi connectivity index (χ1) is 25.1. The number of rotatable bonds is 12. The first kappa shape index (κ1) is 36.9. The van der Waals surface area contributed by atoms with Gasteiger partial charge in [-0.3, -0.25) is 14.5 Å². The van der Waals surface area contributed by atoms with Gasteiger partial charge in [0.05, 0.1) is 37.0 Å². The molecule has 0 aliphatic carbocycles. The fourth-order valence-electron chi connectivity index (χ4n) is 6.65. The Labute approximate surface area is 303 Å². The molecule has 272 valence electrons. The van der Waals surface area contributed by atoms with Crippen molar-refractivity contribution in [2.45, 2.75) is 70.2 Å². The number of aliphatic hydroxyl groups excluding tert-OH is 2. The number of alkyl carbamates (subject to hydrolysis) is 1. The highest BCUT2D eigenvalue weighted by Gasteiger charge is 2.42. The molecular formula is C41H45N3O8. The second kappa shape index (κ2) is 16.6. The van der Waals surface area contributed by atoms with Crippen LogP contribution in [0.5, 0.6) is 0 Å². The van der Waals surface area contributed by atoms with Gasteiger partial charge in [0.15, 0.2) is 6.29 Å². The molecule has 11 heteroatoms. The molecule has 2 saturated heterocycles. The molecule has 2 heterocycles. The number of carbonyl (C=O) groups is 3. The number of likely N-dealkylation sites (N-methyl/N-ethyl adjacent to an activating group) is 1. The van der Waals surface area contributed by atoms with Crippen molar-refractivity contribution in [3.8, 4) is 0 Å². The number of imide groups is 1. The van der Waals surface area contributed by atoms with Crippen molar-refractivity contribution in [3.63, 3.8) is 0 Å². The van der Waals surface area contributed by atoms with Crippen LogP contribution in [0.3, 0.4) is 0 Å². The number of carbonyl (C=O) groups excluding carboxylic acids is 3. The molecular weight excluding hydrogens is 662 g/mol. The SMILES string of the molecule is C[C@H]1[C@@H](CN(C)[C@H](C)[C@@H](O)c2ccccc2)O[C@@H](c2ccc(N3C(=O)CC(NC(=O)OCc4ccccc4)C3=O)cc2)O[C@H]1c1ccc(CO)cc1. The first-order valence-electron chi connectivity index (χ1n) is 17.5. The minimum absolute atomic E-state index is 0.0391. The Balaban J connectivity index is 1.16. The van der Waals surface area contributed by atoms with E-state index < -0.39 is 36.3 Å². The van der Waals surface area contributed by atoms with Crippen LogP contribution in [0.2, 0.25) is 0 Å². The van der Waals surface area contributed by atoms with Crippen LogP contribution in [0.1, 0.15) is 66.6 Å². The Morgan fingerprint density at radius 1 is 0.904 bits per heavy atom. The number of ether oxygens (including phenoxy) is 3. The van der Waals surface area contributed by atoms with Gasteiger partial charge < -0.3 is 29.7 Å². The summed E-state index contributed by atoms with van der Waals surface area (Å²) in [6, 6.07) is 32.0. The number of amides is 3. The van der Waals surface area contributed by atoms with Gasteiger partial charge in [-0.2, -0.15) is 0 Å². The summed E-state index contributed by atoms with van der Waals surface area (Å²) in [7, 11) is 1.96. The average Bonchev–Trinajstić information content (AvgIpc) is 3.46. The van der Waals surface area contributed by atoms with E-state index in [-0.39, 0.29) is 43.8 Å². The number of nitrogens with zero attached hydrogens (tertiary/aromatic N) is 2. The first-order valence-corrected chi connectivity index (χ1v) is 17.5. The zero-order valence-electron chi connectivity index (χ0n) is 29.5. The van der Waals surface area contributed by atoms with Gasteiger partial charge in [-0.05, 0) is 48.4 Å². The third-order valence-electron chi connectivity index (χ3n) is 9.96. The van der Waals surface area contributed by atoms with Crippen LogP contribution in [-0.4, -0.2) is 64.8 Å². The Kier molecular flexibility index (Phi) is 11.8. The maximum absolute atomic E-state index is 13.3. The van der Waals surface area contributed by atoms with E-state index in [0.29, 0.717) is 17.8 Å². The van der Waals surface area contributed by atoms with Crippen molar-refractivity contribution in [2.24, 2.45) is 5.92 Å². The van der Waals surface area contributed by atoms with Crippen molar-refractivity contribution < 1.29 is 38.8 Å². The number of nitrogens with one attached hydrogen (secondary N) is 1. The van der Waals surface area contributed by atoms with Gasteiger partial charge in [0.2, 0.25) is 5.91 Å². The Bertz CT molecular complexity index is 1810. The summed E-state index contributed by atoms with van der Waals surface area (Å²) >= 11 is 0. The topological polar surface area (TPSA) is 138 Å². The monoisotopic (exact) mass is 707 g/mol. The van der Waals surface area contributed by atoms with Crippen LogP contribution in [0.4, 0.5) is 10.5 Å². The van der Waals surface area contributed by atoms with Crippen LogP contribution >= 0.6 is 0 Å². The minimum atomic E-state index is -1.04. The van der Waals surface area contributed by atoms with E-state index >= 15 is 0 Å². The number of aliphatic hydroxyl groups is 2. The second-order valence-electron chi connectivity index (χ2n) is 13.5. The van der Waals surface area contributed by atoms with Crippen molar-refractivity contribution in [2.75, 3.05) is 18.5 Å². The lowest BCUT2D eigenvalue weighted by Crippen LogP contribution is -2.46. The molecule has 1 unspecified atom stereocenters. The second-order valence-corrected chi connectivity index (χ2v) is 13.5. The van der Waals surface area contributed by atoms with E-state index in [4.69, 9.17) is 14.2 Å².